The summed E-state index contributed by atoms with van der Waals surface area (Å²) in [5.41, 5.74) is 1.67. The van der Waals surface area contributed by atoms with Crippen LogP contribution in [0.1, 0.15) is 44.0 Å². The number of carbonyl (C=O) groups is 2. The summed E-state index contributed by atoms with van der Waals surface area (Å²) in [6.07, 6.45) is 9.09. The molecule has 1 aliphatic carbocycles. The SMILES string of the molecule is CC[N+](CC(=O)O)(Cc1cn(C)cn1)[C@H]1CCCCC1N(CC(=O)O)Cc1ccccn1. The maximum Gasteiger partial charge on any atom is 0.359 e. The second kappa shape index (κ2) is 10.7. The van der Waals surface area contributed by atoms with Crippen LogP contribution in [0.25, 0.3) is 0 Å². The topological polar surface area (TPSA) is 109 Å². The lowest BCUT2D eigenvalue weighted by molar-refractivity contribution is -0.959. The number of rotatable bonds is 11. The van der Waals surface area contributed by atoms with E-state index in [4.69, 9.17) is 0 Å². The second-order valence-electron chi connectivity index (χ2n) is 8.81. The van der Waals surface area contributed by atoms with E-state index in [2.05, 4.69) is 9.97 Å². The van der Waals surface area contributed by atoms with Gasteiger partial charge in [-0.1, -0.05) is 12.5 Å². The highest BCUT2D eigenvalue weighted by molar-refractivity contribution is 5.69. The Balaban J connectivity index is 1.97. The average molecular weight is 445 g/mol. The molecule has 3 atom stereocenters. The van der Waals surface area contributed by atoms with Crippen molar-refractivity contribution < 1.29 is 24.3 Å². The highest BCUT2D eigenvalue weighted by Crippen LogP contribution is 2.34. The van der Waals surface area contributed by atoms with Crippen LogP contribution >= 0.6 is 0 Å². The van der Waals surface area contributed by atoms with Gasteiger partial charge in [0.05, 0.1) is 31.2 Å². The van der Waals surface area contributed by atoms with Gasteiger partial charge in [-0.15, -0.1) is 0 Å². The van der Waals surface area contributed by atoms with Crippen molar-refractivity contribution in [1.82, 2.24) is 19.4 Å². The number of quaternary nitrogens is 1. The first kappa shape index (κ1) is 23.9. The van der Waals surface area contributed by atoms with Crippen LogP contribution in [-0.2, 0) is 29.7 Å². The number of aliphatic carboxylic acids is 2. The minimum absolute atomic E-state index is 0.00471. The van der Waals surface area contributed by atoms with Crippen LogP contribution in [0.5, 0.6) is 0 Å². The van der Waals surface area contributed by atoms with Crippen LogP contribution in [0.15, 0.2) is 36.9 Å². The molecule has 3 rings (SSSR count). The van der Waals surface area contributed by atoms with Gasteiger partial charge >= 0.3 is 11.9 Å². The average Bonchev–Trinajstić information content (AvgIpc) is 3.17. The number of aromatic nitrogens is 3. The molecule has 9 heteroatoms. The molecule has 0 bridgehead atoms. The molecule has 1 aliphatic rings. The van der Waals surface area contributed by atoms with Crippen molar-refractivity contribution in [2.75, 3.05) is 19.6 Å². The molecular weight excluding hydrogens is 410 g/mol. The predicted octanol–water partition coefficient (Wildman–Crippen LogP) is 2.13. The molecule has 9 nitrogen and oxygen atoms in total. The number of likely N-dealkylation sites (N-methyl/N-ethyl adjacent to an activating group) is 1. The molecule has 1 saturated carbocycles. The molecule has 0 radical (unpaired) electrons. The van der Waals surface area contributed by atoms with E-state index < -0.39 is 11.9 Å². The Morgan fingerprint density at radius 3 is 2.53 bits per heavy atom. The number of imidazole rings is 1. The number of carboxylic acid groups (broad SMARTS) is 2. The summed E-state index contributed by atoms with van der Waals surface area (Å²) in [5.74, 6) is -1.73. The molecular formula is C23H34N5O4+. The first-order valence-electron chi connectivity index (χ1n) is 11.2. The zero-order chi connectivity index (χ0) is 23.1. The summed E-state index contributed by atoms with van der Waals surface area (Å²) < 4.78 is 2.23. The van der Waals surface area contributed by atoms with Gasteiger partial charge in [0.1, 0.15) is 18.3 Å². The van der Waals surface area contributed by atoms with E-state index in [-0.39, 0.29) is 25.2 Å². The Morgan fingerprint density at radius 2 is 1.94 bits per heavy atom. The van der Waals surface area contributed by atoms with Gasteiger partial charge in [-0.2, -0.15) is 0 Å². The van der Waals surface area contributed by atoms with Crippen molar-refractivity contribution in [3.8, 4) is 0 Å². The van der Waals surface area contributed by atoms with E-state index >= 15 is 0 Å². The van der Waals surface area contributed by atoms with Crippen LogP contribution in [-0.4, -0.2) is 77.8 Å². The molecule has 0 amide bonds. The fourth-order valence-electron chi connectivity index (χ4n) is 5.21. The Labute approximate surface area is 188 Å². The molecule has 0 spiro atoms. The largest absolute Gasteiger partial charge is 0.480 e. The van der Waals surface area contributed by atoms with Gasteiger partial charge in [0, 0.05) is 32.4 Å². The third-order valence-electron chi connectivity index (χ3n) is 6.61. The van der Waals surface area contributed by atoms with E-state index in [0.29, 0.717) is 24.1 Å². The molecule has 2 unspecified atom stereocenters. The van der Waals surface area contributed by atoms with Crippen LogP contribution in [0.3, 0.4) is 0 Å². The van der Waals surface area contributed by atoms with Crippen molar-refractivity contribution >= 4 is 11.9 Å². The standard InChI is InChI=1S/C23H33N5O4/c1-3-28(16-23(31)32,15-19-12-26(2)17-25-19)21-10-5-4-9-20(21)27(14-22(29)30)13-18-8-6-7-11-24-18/h6-8,11-12,17,20-21H,3-5,9-10,13-16H2,1-2H3,(H-,29,30,31,32)/p+1/t20?,21-,28?/m0/s1. The lowest BCUT2D eigenvalue weighted by atomic mass is 9.85. The second-order valence-corrected chi connectivity index (χ2v) is 8.81. The molecule has 2 heterocycles. The zero-order valence-electron chi connectivity index (χ0n) is 18.9. The molecule has 2 aromatic rings. The highest BCUT2D eigenvalue weighted by Gasteiger charge is 2.46. The van der Waals surface area contributed by atoms with Gasteiger partial charge in [0.15, 0.2) is 6.54 Å². The van der Waals surface area contributed by atoms with E-state index in [0.717, 1.165) is 37.1 Å². The number of nitrogens with zero attached hydrogens (tertiary/aromatic N) is 5. The smallest absolute Gasteiger partial charge is 0.359 e. The van der Waals surface area contributed by atoms with Crippen LogP contribution in [0.4, 0.5) is 0 Å². The molecule has 32 heavy (non-hydrogen) atoms. The third-order valence-corrected chi connectivity index (χ3v) is 6.61. The lowest BCUT2D eigenvalue weighted by Gasteiger charge is -2.50. The molecule has 2 aromatic heterocycles. The number of aryl methyl sites for hydroxylation is 1. The summed E-state index contributed by atoms with van der Waals surface area (Å²) in [5, 5.41) is 19.5. The van der Waals surface area contributed by atoms with Crippen molar-refractivity contribution in [2.45, 2.75) is 57.8 Å². The molecule has 0 aliphatic heterocycles. The van der Waals surface area contributed by atoms with E-state index in [1.165, 1.54) is 0 Å². The van der Waals surface area contributed by atoms with Crippen molar-refractivity contribution in [3.05, 3.63) is 48.3 Å². The predicted molar refractivity (Wildman–Crippen MR) is 119 cm³/mol. The highest BCUT2D eigenvalue weighted by atomic mass is 16.4. The van der Waals surface area contributed by atoms with Crippen molar-refractivity contribution in [1.29, 1.82) is 0 Å². The van der Waals surface area contributed by atoms with Gasteiger partial charge in [-0.05, 0) is 31.9 Å². The van der Waals surface area contributed by atoms with Crippen LogP contribution in [0.2, 0.25) is 0 Å². The summed E-state index contributed by atoms with van der Waals surface area (Å²) >= 11 is 0. The molecule has 0 saturated heterocycles. The summed E-state index contributed by atoms with van der Waals surface area (Å²) in [7, 11) is 1.90. The maximum atomic E-state index is 12.0. The van der Waals surface area contributed by atoms with E-state index in [9.17, 15) is 19.8 Å². The quantitative estimate of drug-likeness (QED) is 0.511. The lowest BCUT2D eigenvalue weighted by Crippen LogP contribution is -2.65. The molecule has 174 valence electrons. The number of hydrogen-bond acceptors (Lipinski definition) is 5. The summed E-state index contributed by atoms with van der Waals surface area (Å²) in [6, 6.07) is 5.59. The number of pyridine rings is 1. The van der Waals surface area contributed by atoms with Gasteiger partial charge in [-0.25, -0.2) is 9.78 Å². The zero-order valence-corrected chi connectivity index (χ0v) is 18.9. The Hall–Kier alpha value is -2.78. The van der Waals surface area contributed by atoms with Gasteiger partial charge in [0.25, 0.3) is 0 Å². The Morgan fingerprint density at radius 1 is 1.16 bits per heavy atom. The van der Waals surface area contributed by atoms with Crippen LogP contribution in [0, 0.1) is 0 Å². The minimum atomic E-state index is -0.886. The van der Waals surface area contributed by atoms with Gasteiger partial charge in [-0.3, -0.25) is 14.7 Å². The molecule has 2 N–H and O–H groups in total. The molecule has 1 fully saturated rings. The molecule has 0 aromatic carbocycles. The Bertz CT molecular complexity index is 903. The van der Waals surface area contributed by atoms with Crippen LogP contribution < -0.4 is 0 Å². The minimum Gasteiger partial charge on any atom is -0.480 e. The normalized spacial score (nSPS) is 20.7. The van der Waals surface area contributed by atoms with E-state index in [1.807, 2.05) is 47.8 Å². The summed E-state index contributed by atoms with van der Waals surface area (Å²) in [6.45, 7) is 3.48. The van der Waals surface area contributed by atoms with Gasteiger partial charge < -0.3 is 19.3 Å². The fourth-order valence-corrected chi connectivity index (χ4v) is 5.21. The Kier molecular flexibility index (Phi) is 7.98. The fraction of sp³-hybridized carbons (Fsp3) is 0.565. The van der Waals surface area contributed by atoms with Gasteiger partial charge in [0.2, 0.25) is 0 Å². The number of hydrogen-bond donors (Lipinski definition) is 2. The first-order valence-corrected chi connectivity index (χ1v) is 11.2. The van der Waals surface area contributed by atoms with E-state index in [1.54, 1.807) is 12.5 Å². The maximum absolute atomic E-state index is 12.0. The first-order chi connectivity index (χ1) is 15.3. The number of carboxylic acids is 2. The summed E-state index contributed by atoms with van der Waals surface area (Å²) in [4.78, 5) is 34.6. The third kappa shape index (κ3) is 5.92. The monoisotopic (exact) mass is 444 g/mol. The van der Waals surface area contributed by atoms with Crippen molar-refractivity contribution in [3.63, 3.8) is 0 Å². The van der Waals surface area contributed by atoms with Crippen molar-refractivity contribution in [2.24, 2.45) is 7.05 Å².